The summed E-state index contributed by atoms with van der Waals surface area (Å²) in [4.78, 5) is 0. The van der Waals surface area contributed by atoms with E-state index in [-0.39, 0.29) is 0 Å². The van der Waals surface area contributed by atoms with E-state index in [0.717, 1.165) is 25.2 Å². The van der Waals surface area contributed by atoms with Gasteiger partial charge in [0.25, 0.3) is 0 Å². The lowest BCUT2D eigenvalue weighted by Gasteiger charge is -2.33. The lowest BCUT2D eigenvalue weighted by atomic mass is 9.84. The van der Waals surface area contributed by atoms with Gasteiger partial charge >= 0.3 is 0 Å². The highest BCUT2D eigenvalue weighted by molar-refractivity contribution is 4.80. The van der Waals surface area contributed by atoms with Crippen molar-refractivity contribution in [1.29, 1.82) is 0 Å². The molecule has 0 unspecified atom stereocenters. The van der Waals surface area contributed by atoms with Crippen LogP contribution in [0, 0.1) is 5.92 Å². The highest BCUT2D eigenvalue weighted by atomic mass is 16.5. The van der Waals surface area contributed by atoms with Crippen molar-refractivity contribution in [2.45, 2.75) is 64.0 Å². The summed E-state index contributed by atoms with van der Waals surface area (Å²) in [7, 11) is 0. The fourth-order valence-corrected chi connectivity index (χ4v) is 3.01. The third-order valence-electron chi connectivity index (χ3n) is 4.08. The van der Waals surface area contributed by atoms with Gasteiger partial charge in [-0.2, -0.15) is 0 Å². The second-order valence-corrected chi connectivity index (χ2v) is 5.24. The Balaban J connectivity index is 1.72. The summed E-state index contributed by atoms with van der Waals surface area (Å²) in [6.45, 7) is 4.29. The van der Waals surface area contributed by atoms with Crippen molar-refractivity contribution in [2.75, 3.05) is 13.2 Å². The van der Waals surface area contributed by atoms with Gasteiger partial charge in [0.15, 0.2) is 0 Å². The normalized spacial score (nSPS) is 27.8. The van der Waals surface area contributed by atoms with Gasteiger partial charge in [0, 0.05) is 25.3 Å². The van der Waals surface area contributed by atoms with Crippen molar-refractivity contribution in [3.63, 3.8) is 0 Å². The molecule has 0 aromatic carbocycles. The quantitative estimate of drug-likeness (QED) is 0.775. The van der Waals surface area contributed by atoms with E-state index in [1.807, 2.05) is 0 Å². The molecule has 2 aliphatic rings. The summed E-state index contributed by atoms with van der Waals surface area (Å²) >= 11 is 0. The van der Waals surface area contributed by atoms with Crippen LogP contribution in [-0.4, -0.2) is 25.3 Å². The average molecular weight is 211 g/mol. The van der Waals surface area contributed by atoms with Crippen molar-refractivity contribution in [3.8, 4) is 0 Å². The van der Waals surface area contributed by atoms with Crippen LogP contribution in [0.4, 0.5) is 0 Å². The largest absolute Gasteiger partial charge is 0.381 e. The second-order valence-electron chi connectivity index (χ2n) is 5.24. The smallest absolute Gasteiger partial charge is 0.0480 e. The standard InChI is InChI=1S/C13H25NO/c1-11(12-5-3-2-4-6-12)14-13-7-9-15-10-8-13/h11-14H,2-10H2,1H3/t11-/m0/s1. The van der Waals surface area contributed by atoms with Gasteiger partial charge in [-0.3, -0.25) is 0 Å². The van der Waals surface area contributed by atoms with E-state index in [1.165, 1.54) is 44.9 Å². The van der Waals surface area contributed by atoms with E-state index in [1.54, 1.807) is 0 Å². The molecular weight excluding hydrogens is 186 g/mol. The Hall–Kier alpha value is -0.0800. The van der Waals surface area contributed by atoms with Crippen LogP contribution in [0.3, 0.4) is 0 Å². The van der Waals surface area contributed by atoms with E-state index >= 15 is 0 Å². The average Bonchev–Trinajstić information content (AvgIpc) is 2.31. The monoisotopic (exact) mass is 211 g/mol. The predicted molar refractivity (Wildman–Crippen MR) is 63.0 cm³/mol. The van der Waals surface area contributed by atoms with Crippen LogP contribution in [0.5, 0.6) is 0 Å². The fourth-order valence-electron chi connectivity index (χ4n) is 3.01. The maximum absolute atomic E-state index is 5.39. The number of rotatable bonds is 3. The molecule has 0 aromatic heterocycles. The molecule has 0 spiro atoms. The van der Waals surface area contributed by atoms with Crippen LogP contribution in [0.1, 0.15) is 51.9 Å². The van der Waals surface area contributed by atoms with E-state index in [9.17, 15) is 0 Å². The Morgan fingerprint density at radius 2 is 1.67 bits per heavy atom. The summed E-state index contributed by atoms with van der Waals surface area (Å²) < 4.78 is 5.39. The molecule has 1 aliphatic carbocycles. The Morgan fingerprint density at radius 1 is 1.00 bits per heavy atom. The molecule has 1 heterocycles. The van der Waals surface area contributed by atoms with E-state index in [4.69, 9.17) is 4.74 Å². The van der Waals surface area contributed by atoms with Gasteiger partial charge in [0.05, 0.1) is 0 Å². The minimum atomic E-state index is 0.716. The van der Waals surface area contributed by atoms with Crippen LogP contribution >= 0.6 is 0 Å². The number of nitrogens with one attached hydrogen (secondary N) is 1. The molecule has 1 saturated heterocycles. The molecule has 0 amide bonds. The van der Waals surface area contributed by atoms with Crippen molar-refractivity contribution >= 4 is 0 Å². The first kappa shape index (κ1) is 11.4. The molecule has 1 saturated carbocycles. The first-order valence-corrected chi connectivity index (χ1v) is 6.70. The van der Waals surface area contributed by atoms with Crippen molar-refractivity contribution in [3.05, 3.63) is 0 Å². The van der Waals surface area contributed by atoms with Crippen molar-refractivity contribution < 1.29 is 4.74 Å². The van der Waals surface area contributed by atoms with Crippen LogP contribution in [-0.2, 0) is 4.74 Å². The molecule has 15 heavy (non-hydrogen) atoms. The molecule has 2 fully saturated rings. The van der Waals surface area contributed by atoms with Gasteiger partial charge in [-0.1, -0.05) is 19.3 Å². The third-order valence-corrected chi connectivity index (χ3v) is 4.08. The van der Waals surface area contributed by atoms with E-state index in [0.29, 0.717) is 6.04 Å². The zero-order valence-electron chi connectivity index (χ0n) is 10.0. The summed E-state index contributed by atoms with van der Waals surface area (Å²) in [5.41, 5.74) is 0. The van der Waals surface area contributed by atoms with Crippen LogP contribution in [0.15, 0.2) is 0 Å². The molecule has 88 valence electrons. The zero-order valence-corrected chi connectivity index (χ0v) is 10.0. The van der Waals surface area contributed by atoms with E-state index in [2.05, 4.69) is 12.2 Å². The van der Waals surface area contributed by atoms with Crippen LogP contribution in [0.25, 0.3) is 0 Å². The van der Waals surface area contributed by atoms with Gasteiger partial charge in [-0.05, 0) is 38.5 Å². The Bertz CT molecular complexity index is 171. The first-order valence-electron chi connectivity index (χ1n) is 6.70. The number of hydrogen-bond donors (Lipinski definition) is 1. The maximum atomic E-state index is 5.39. The summed E-state index contributed by atoms with van der Waals surface area (Å²) in [6, 6.07) is 1.43. The number of ether oxygens (including phenoxy) is 1. The molecule has 1 N–H and O–H groups in total. The number of hydrogen-bond acceptors (Lipinski definition) is 2. The minimum Gasteiger partial charge on any atom is -0.381 e. The molecular formula is C13H25NO. The molecule has 1 atom stereocenters. The van der Waals surface area contributed by atoms with Crippen LogP contribution < -0.4 is 5.32 Å². The first-order chi connectivity index (χ1) is 7.36. The second kappa shape index (κ2) is 5.86. The van der Waals surface area contributed by atoms with Crippen molar-refractivity contribution in [2.24, 2.45) is 5.92 Å². The van der Waals surface area contributed by atoms with Gasteiger partial charge in [0.1, 0.15) is 0 Å². The predicted octanol–water partition coefficient (Wildman–Crippen LogP) is 2.72. The van der Waals surface area contributed by atoms with Gasteiger partial charge in [-0.25, -0.2) is 0 Å². The maximum Gasteiger partial charge on any atom is 0.0480 e. The molecule has 2 rings (SSSR count). The molecule has 1 aliphatic heterocycles. The van der Waals surface area contributed by atoms with Crippen molar-refractivity contribution in [1.82, 2.24) is 5.32 Å². The van der Waals surface area contributed by atoms with E-state index < -0.39 is 0 Å². The zero-order chi connectivity index (χ0) is 10.5. The van der Waals surface area contributed by atoms with Gasteiger partial charge < -0.3 is 10.1 Å². The summed E-state index contributed by atoms with van der Waals surface area (Å²) in [5, 5.41) is 3.81. The molecule has 2 heteroatoms. The molecule has 2 nitrogen and oxygen atoms in total. The molecule has 0 aromatic rings. The Labute approximate surface area is 93.8 Å². The Morgan fingerprint density at radius 3 is 2.33 bits per heavy atom. The highest BCUT2D eigenvalue weighted by Gasteiger charge is 2.23. The molecule has 0 radical (unpaired) electrons. The fraction of sp³-hybridized carbons (Fsp3) is 1.00. The molecule has 0 bridgehead atoms. The third kappa shape index (κ3) is 3.46. The lowest BCUT2D eigenvalue weighted by Crippen LogP contribution is -2.44. The summed E-state index contributed by atoms with van der Waals surface area (Å²) in [5.74, 6) is 0.932. The van der Waals surface area contributed by atoms with Crippen LogP contribution in [0.2, 0.25) is 0 Å². The Kier molecular flexibility index (Phi) is 4.45. The van der Waals surface area contributed by atoms with Gasteiger partial charge in [-0.15, -0.1) is 0 Å². The summed E-state index contributed by atoms with van der Waals surface area (Å²) in [6.07, 6.45) is 9.65. The lowest BCUT2D eigenvalue weighted by molar-refractivity contribution is 0.0718. The highest BCUT2D eigenvalue weighted by Crippen LogP contribution is 2.26. The SMILES string of the molecule is C[C@H](NC1CCOCC1)C1CCCCC1. The minimum absolute atomic E-state index is 0.716. The van der Waals surface area contributed by atoms with Gasteiger partial charge in [0.2, 0.25) is 0 Å². The topological polar surface area (TPSA) is 21.3 Å².